The van der Waals surface area contributed by atoms with Crippen LogP contribution in [0.2, 0.25) is 0 Å². The molecule has 0 saturated carbocycles. The van der Waals surface area contributed by atoms with Crippen LogP contribution in [-0.2, 0) is 65.4 Å². The van der Waals surface area contributed by atoms with Gasteiger partial charge >= 0.3 is 39.5 Å². The molecule has 0 radical (unpaired) electrons. The van der Waals surface area contributed by atoms with Gasteiger partial charge in [-0.1, -0.05) is 407 Å². The molecule has 0 amide bonds. The molecule has 2 unspecified atom stereocenters. The smallest absolute Gasteiger partial charge is 0.462 e. The first kappa shape index (κ1) is 102. The lowest BCUT2D eigenvalue weighted by molar-refractivity contribution is -0.161. The summed E-state index contributed by atoms with van der Waals surface area (Å²) >= 11 is 0. The van der Waals surface area contributed by atoms with Gasteiger partial charge in [-0.2, -0.15) is 0 Å². The van der Waals surface area contributed by atoms with E-state index in [1.807, 2.05) is 0 Å². The van der Waals surface area contributed by atoms with Crippen molar-refractivity contribution in [2.24, 2.45) is 5.92 Å². The molecule has 0 aromatic carbocycles. The van der Waals surface area contributed by atoms with Crippen LogP contribution in [0.5, 0.6) is 0 Å². The van der Waals surface area contributed by atoms with Crippen LogP contribution in [0.4, 0.5) is 0 Å². The number of ether oxygens (including phenoxy) is 4. The van der Waals surface area contributed by atoms with Crippen LogP contribution in [0.15, 0.2) is 0 Å². The van der Waals surface area contributed by atoms with Gasteiger partial charge in [0.15, 0.2) is 12.2 Å². The van der Waals surface area contributed by atoms with E-state index in [9.17, 15) is 43.2 Å². The number of unbranched alkanes of at least 4 members (excludes halogenated alkanes) is 57. The Balaban J connectivity index is 5.26. The monoisotopic (exact) mass is 1520 g/mol. The zero-order valence-electron chi connectivity index (χ0n) is 68.2. The lowest BCUT2D eigenvalue weighted by Crippen LogP contribution is -2.30. The van der Waals surface area contributed by atoms with Crippen LogP contribution in [0.1, 0.15) is 458 Å². The van der Waals surface area contributed by atoms with E-state index in [0.717, 1.165) is 95.8 Å². The Hall–Kier alpha value is -1.94. The van der Waals surface area contributed by atoms with Gasteiger partial charge in [0.2, 0.25) is 0 Å². The molecule has 19 heteroatoms. The van der Waals surface area contributed by atoms with Crippen molar-refractivity contribution < 1.29 is 80.2 Å². The van der Waals surface area contributed by atoms with Crippen LogP contribution >= 0.6 is 15.6 Å². The summed E-state index contributed by atoms with van der Waals surface area (Å²) < 4.78 is 68.9. The number of carbonyl (C=O) groups is 4. The molecule has 0 heterocycles. The number of aliphatic hydroxyl groups excluding tert-OH is 1. The Bertz CT molecular complexity index is 1980. The van der Waals surface area contributed by atoms with Crippen molar-refractivity contribution in [3.05, 3.63) is 0 Å². The summed E-state index contributed by atoms with van der Waals surface area (Å²) in [5.41, 5.74) is 0. The molecule has 0 bridgehead atoms. The second kappa shape index (κ2) is 77.8. The number of phosphoric acid groups is 2. The van der Waals surface area contributed by atoms with Gasteiger partial charge in [0.25, 0.3) is 0 Å². The molecule has 618 valence electrons. The summed E-state index contributed by atoms with van der Waals surface area (Å²) in [6.45, 7) is 7.39. The summed E-state index contributed by atoms with van der Waals surface area (Å²) in [7, 11) is -9.93. The summed E-state index contributed by atoms with van der Waals surface area (Å²) in [4.78, 5) is 73.2. The Labute approximate surface area is 638 Å². The van der Waals surface area contributed by atoms with E-state index in [0.29, 0.717) is 25.7 Å². The van der Waals surface area contributed by atoms with Crippen molar-refractivity contribution in [1.29, 1.82) is 0 Å². The minimum absolute atomic E-state index is 0.109. The molecular weight excluding hydrogens is 1350 g/mol. The fourth-order valence-corrected chi connectivity index (χ4v) is 14.9. The quantitative estimate of drug-likeness (QED) is 0.0222. The van der Waals surface area contributed by atoms with Gasteiger partial charge < -0.3 is 33.8 Å². The van der Waals surface area contributed by atoms with Crippen molar-refractivity contribution in [2.75, 3.05) is 39.6 Å². The lowest BCUT2D eigenvalue weighted by Gasteiger charge is -2.21. The third kappa shape index (κ3) is 78.2. The first-order valence-corrected chi connectivity index (χ1v) is 47.1. The van der Waals surface area contributed by atoms with Crippen LogP contribution in [0.3, 0.4) is 0 Å². The molecule has 0 fully saturated rings. The first-order valence-electron chi connectivity index (χ1n) is 44.1. The van der Waals surface area contributed by atoms with Gasteiger partial charge in [-0.05, 0) is 31.6 Å². The molecule has 0 aliphatic heterocycles. The van der Waals surface area contributed by atoms with Crippen LogP contribution in [-0.4, -0.2) is 96.7 Å². The summed E-state index contributed by atoms with van der Waals surface area (Å²) in [6.07, 6.45) is 70.6. The summed E-state index contributed by atoms with van der Waals surface area (Å²) in [5.74, 6) is -1.31. The standard InChI is InChI=1S/C85H166O17P2/c1-6-9-12-15-18-21-24-27-29-31-32-33-35-40-46-51-56-61-66-71-85(90)102-81(75-96-83(88)69-64-59-54-49-44-41-36-38-42-47-52-57-62-67-78(4)5)77-100-104(93,94)98-73-79(86)72-97-103(91,92)99-76-80(74-95-82(87)68-63-58-53-48-43-37-26-23-20-17-14-11-8-3)101-84(89)70-65-60-55-50-45-39-34-30-28-25-22-19-16-13-10-7-2/h78-81,86H,6-77H2,1-5H3,(H,91,92)(H,93,94)/t79-,80+,81+/m0/s1. The van der Waals surface area contributed by atoms with Gasteiger partial charge in [-0.3, -0.25) is 37.3 Å². The van der Waals surface area contributed by atoms with E-state index in [-0.39, 0.29) is 25.7 Å². The Kier molecular flexibility index (Phi) is 76.3. The maximum Gasteiger partial charge on any atom is 0.472 e. The van der Waals surface area contributed by atoms with Crippen molar-refractivity contribution in [1.82, 2.24) is 0 Å². The number of phosphoric ester groups is 2. The van der Waals surface area contributed by atoms with Gasteiger partial charge in [-0.25, -0.2) is 9.13 Å². The van der Waals surface area contributed by atoms with Crippen LogP contribution in [0.25, 0.3) is 0 Å². The van der Waals surface area contributed by atoms with Crippen LogP contribution in [0, 0.1) is 5.92 Å². The number of rotatable bonds is 85. The fraction of sp³-hybridized carbons (Fsp3) is 0.953. The highest BCUT2D eigenvalue weighted by atomic mass is 31.2. The molecule has 104 heavy (non-hydrogen) atoms. The topological polar surface area (TPSA) is 237 Å². The van der Waals surface area contributed by atoms with E-state index in [1.165, 1.54) is 283 Å². The van der Waals surface area contributed by atoms with E-state index >= 15 is 0 Å². The molecule has 0 rings (SSSR count). The van der Waals surface area contributed by atoms with Crippen molar-refractivity contribution in [3.63, 3.8) is 0 Å². The second-order valence-corrected chi connectivity index (χ2v) is 34.0. The fourth-order valence-electron chi connectivity index (χ4n) is 13.3. The zero-order chi connectivity index (χ0) is 76.2. The second-order valence-electron chi connectivity index (χ2n) is 31.1. The average Bonchev–Trinajstić information content (AvgIpc) is 0.903. The van der Waals surface area contributed by atoms with E-state index in [1.54, 1.807) is 0 Å². The molecule has 0 aromatic rings. The third-order valence-corrected chi connectivity index (χ3v) is 21.9. The number of hydrogen-bond donors (Lipinski definition) is 3. The van der Waals surface area contributed by atoms with Gasteiger partial charge in [-0.15, -0.1) is 0 Å². The predicted molar refractivity (Wildman–Crippen MR) is 428 cm³/mol. The molecular formula is C85H166O17P2. The van der Waals surface area contributed by atoms with Crippen molar-refractivity contribution >= 4 is 39.5 Å². The molecule has 3 N–H and O–H groups in total. The Morgan fingerprint density at radius 3 is 0.654 bits per heavy atom. The summed E-state index contributed by atoms with van der Waals surface area (Å²) in [5, 5.41) is 10.7. The molecule has 0 aliphatic rings. The maximum atomic E-state index is 13.1. The van der Waals surface area contributed by atoms with Gasteiger partial charge in [0.1, 0.15) is 19.3 Å². The molecule has 5 atom stereocenters. The van der Waals surface area contributed by atoms with E-state index < -0.39 is 97.5 Å². The lowest BCUT2D eigenvalue weighted by atomic mass is 10.0. The Morgan fingerprint density at radius 1 is 0.260 bits per heavy atom. The summed E-state index contributed by atoms with van der Waals surface area (Å²) in [6, 6.07) is 0. The number of esters is 4. The average molecular weight is 1520 g/mol. The highest BCUT2D eigenvalue weighted by Gasteiger charge is 2.30. The predicted octanol–water partition coefficient (Wildman–Crippen LogP) is 26.0. The molecule has 17 nitrogen and oxygen atoms in total. The zero-order valence-corrected chi connectivity index (χ0v) is 70.0. The molecule has 0 aromatic heterocycles. The highest BCUT2D eigenvalue weighted by Crippen LogP contribution is 2.45. The first-order chi connectivity index (χ1) is 50.5. The maximum absolute atomic E-state index is 13.1. The van der Waals surface area contributed by atoms with Crippen LogP contribution < -0.4 is 0 Å². The largest absolute Gasteiger partial charge is 0.472 e. The van der Waals surface area contributed by atoms with Crippen molar-refractivity contribution in [3.8, 4) is 0 Å². The minimum Gasteiger partial charge on any atom is -0.462 e. The van der Waals surface area contributed by atoms with Gasteiger partial charge in [0, 0.05) is 25.7 Å². The molecule has 0 aliphatic carbocycles. The van der Waals surface area contributed by atoms with Gasteiger partial charge in [0.05, 0.1) is 26.4 Å². The van der Waals surface area contributed by atoms with Crippen molar-refractivity contribution in [2.45, 2.75) is 477 Å². The molecule has 0 saturated heterocycles. The highest BCUT2D eigenvalue weighted by molar-refractivity contribution is 7.47. The number of aliphatic hydroxyl groups is 1. The van der Waals surface area contributed by atoms with E-state index in [4.69, 9.17) is 37.0 Å². The third-order valence-electron chi connectivity index (χ3n) is 20.0. The Morgan fingerprint density at radius 2 is 0.442 bits per heavy atom. The number of hydrogen-bond acceptors (Lipinski definition) is 15. The number of carbonyl (C=O) groups excluding carboxylic acids is 4. The normalized spacial score (nSPS) is 13.8. The van der Waals surface area contributed by atoms with E-state index in [2.05, 4.69) is 34.6 Å². The molecule has 0 spiro atoms. The minimum atomic E-state index is -4.96. The SMILES string of the molecule is CCCCCCCCCCCCCCCCCCCCCC(=O)O[C@H](COC(=O)CCCCCCCCCCCCCCCC(C)C)COP(=O)(O)OC[C@@H](O)COP(=O)(O)OC[C@@H](COC(=O)CCCCCCCCCCCCCCC)OC(=O)CCCCCCCCCCCCCCCCCC.